The summed E-state index contributed by atoms with van der Waals surface area (Å²) in [6, 6.07) is 5.74. The Hall–Kier alpha value is -2.78. The third kappa shape index (κ3) is 3.62. The lowest BCUT2D eigenvalue weighted by Crippen LogP contribution is -2.61. The molecule has 0 aliphatic carbocycles. The van der Waals surface area contributed by atoms with Crippen LogP contribution in [0.4, 0.5) is 5.69 Å². The second-order valence-corrected chi connectivity index (χ2v) is 10.2. The van der Waals surface area contributed by atoms with E-state index in [1.54, 1.807) is 12.1 Å². The molecule has 5 aliphatic heterocycles. The van der Waals surface area contributed by atoms with Crippen LogP contribution >= 0.6 is 0 Å². The number of rotatable bonds is 4. The lowest BCUT2D eigenvalue weighted by atomic mass is 9.97. The molecule has 1 aromatic rings. The average molecular weight is 466 g/mol. The Bertz CT molecular complexity index is 1040. The number of carbonyl (C=O) groups excluding carboxylic acids is 4. The van der Waals surface area contributed by atoms with Gasteiger partial charge in [-0.15, -0.1) is 0 Å². The van der Waals surface area contributed by atoms with E-state index in [4.69, 9.17) is 0 Å². The first-order chi connectivity index (χ1) is 16.5. The van der Waals surface area contributed by atoms with Crippen molar-refractivity contribution >= 4 is 29.3 Å². The van der Waals surface area contributed by atoms with Crippen molar-refractivity contribution in [2.24, 2.45) is 0 Å². The Labute approximate surface area is 199 Å². The number of hydrogen-bond acceptors (Lipinski definition) is 7. The number of amides is 4. The van der Waals surface area contributed by atoms with Crippen LogP contribution in [0.1, 0.15) is 59.2 Å². The van der Waals surface area contributed by atoms with E-state index in [9.17, 15) is 19.2 Å². The van der Waals surface area contributed by atoms with Gasteiger partial charge in [0.25, 0.3) is 11.8 Å². The van der Waals surface area contributed by atoms with Crippen molar-refractivity contribution in [3.05, 3.63) is 29.3 Å². The molecule has 4 amide bonds. The molecule has 9 heteroatoms. The predicted molar refractivity (Wildman–Crippen MR) is 125 cm³/mol. The zero-order valence-corrected chi connectivity index (χ0v) is 19.4. The molecule has 6 rings (SSSR count). The molecule has 0 radical (unpaired) electrons. The van der Waals surface area contributed by atoms with Crippen LogP contribution < -0.4 is 10.2 Å². The largest absolute Gasteiger partial charge is 0.368 e. The molecule has 4 saturated heterocycles. The fourth-order valence-corrected chi connectivity index (χ4v) is 6.28. The predicted octanol–water partition coefficient (Wildman–Crippen LogP) is 0.837. The van der Waals surface area contributed by atoms with Gasteiger partial charge in [0.05, 0.1) is 11.1 Å². The molecular formula is C25H31N5O4. The molecule has 1 unspecified atom stereocenters. The smallest absolute Gasteiger partial charge is 0.262 e. The third-order valence-corrected chi connectivity index (χ3v) is 8.32. The van der Waals surface area contributed by atoms with Gasteiger partial charge in [-0.05, 0) is 63.4 Å². The summed E-state index contributed by atoms with van der Waals surface area (Å²) in [5.74, 6) is -1.85. The van der Waals surface area contributed by atoms with Gasteiger partial charge in [0.15, 0.2) is 0 Å². The molecule has 1 N–H and O–H groups in total. The number of benzene rings is 1. The Morgan fingerprint density at radius 3 is 2.15 bits per heavy atom. The molecule has 180 valence electrons. The van der Waals surface area contributed by atoms with Crippen molar-refractivity contribution in [3.63, 3.8) is 0 Å². The lowest BCUT2D eigenvalue weighted by Gasteiger charge is -2.49. The highest BCUT2D eigenvalue weighted by Gasteiger charge is 2.45. The van der Waals surface area contributed by atoms with Crippen LogP contribution in [0.5, 0.6) is 0 Å². The third-order valence-electron chi connectivity index (χ3n) is 8.32. The van der Waals surface area contributed by atoms with E-state index in [0.717, 1.165) is 42.8 Å². The summed E-state index contributed by atoms with van der Waals surface area (Å²) in [5, 5.41) is 2.24. The first kappa shape index (κ1) is 21.7. The first-order valence-corrected chi connectivity index (χ1v) is 12.6. The molecule has 5 heterocycles. The molecule has 9 nitrogen and oxygen atoms in total. The van der Waals surface area contributed by atoms with Gasteiger partial charge in [0, 0.05) is 50.4 Å². The van der Waals surface area contributed by atoms with Gasteiger partial charge >= 0.3 is 0 Å². The quantitative estimate of drug-likeness (QED) is 0.659. The van der Waals surface area contributed by atoms with Crippen molar-refractivity contribution < 1.29 is 19.2 Å². The normalized spacial score (nSPS) is 27.4. The monoisotopic (exact) mass is 465 g/mol. The minimum Gasteiger partial charge on any atom is -0.368 e. The molecule has 0 saturated carbocycles. The first-order valence-electron chi connectivity index (χ1n) is 12.6. The van der Waals surface area contributed by atoms with E-state index in [0.29, 0.717) is 17.2 Å². The maximum absolute atomic E-state index is 13.1. The zero-order valence-electron chi connectivity index (χ0n) is 19.4. The second-order valence-electron chi connectivity index (χ2n) is 10.2. The Kier molecular flexibility index (Phi) is 5.41. The molecule has 0 aromatic heterocycles. The maximum Gasteiger partial charge on any atom is 0.262 e. The number of nitrogens with one attached hydrogen (secondary N) is 1. The minimum absolute atomic E-state index is 0.125. The van der Waals surface area contributed by atoms with E-state index in [1.807, 2.05) is 6.07 Å². The molecule has 1 atom stereocenters. The van der Waals surface area contributed by atoms with E-state index in [1.165, 1.54) is 38.8 Å². The highest BCUT2D eigenvalue weighted by atomic mass is 16.2. The number of carbonyl (C=O) groups is 4. The van der Waals surface area contributed by atoms with E-state index < -0.39 is 23.8 Å². The number of imide groups is 2. The summed E-state index contributed by atoms with van der Waals surface area (Å²) in [4.78, 5) is 58.2. The number of nitrogens with zero attached hydrogens (tertiary/aromatic N) is 4. The number of fused-ring (bicyclic) bond motifs is 1. The molecular weight excluding hydrogens is 434 g/mol. The van der Waals surface area contributed by atoms with Crippen LogP contribution in [-0.4, -0.2) is 95.7 Å². The van der Waals surface area contributed by atoms with E-state index >= 15 is 0 Å². The van der Waals surface area contributed by atoms with Gasteiger partial charge < -0.3 is 9.80 Å². The standard InChI is InChI=1S/C25H31N5O4/c31-22-6-5-21(23(32)26-22)30-24(33)19-4-3-17(13-20(19)25(30)34)29-14-18(15-29)28-11-7-16(8-12-28)27-9-1-2-10-27/h3-4,13,16,18,21H,1-2,5-12,14-15H2,(H,26,31,32). The summed E-state index contributed by atoms with van der Waals surface area (Å²) < 4.78 is 0. The average Bonchev–Trinajstić information content (AvgIpc) is 3.42. The van der Waals surface area contributed by atoms with Gasteiger partial charge in [-0.3, -0.25) is 34.3 Å². The number of piperidine rings is 2. The van der Waals surface area contributed by atoms with Crippen LogP contribution in [0.2, 0.25) is 0 Å². The summed E-state index contributed by atoms with van der Waals surface area (Å²) in [6.45, 7) is 6.68. The van der Waals surface area contributed by atoms with Gasteiger partial charge in [0.2, 0.25) is 11.8 Å². The van der Waals surface area contributed by atoms with Crippen LogP contribution in [-0.2, 0) is 9.59 Å². The molecule has 0 spiro atoms. The molecule has 34 heavy (non-hydrogen) atoms. The van der Waals surface area contributed by atoms with Crippen LogP contribution in [0, 0.1) is 0 Å². The van der Waals surface area contributed by atoms with Crippen molar-refractivity contribution in [1.82, 2.24) is 20.0 Å². The van der Waals surface area contributed by atoms with Gasteiger partial charge in [-0.25, -0.2) is 0 Å². The molecule has 4 fully saturated rings. The Balaban J connectivity index is 1.08. The number of likely N-dealkylation sites (tertiary alicyclic amines) is 2. The zero-order chi connectivity index (χ0) is 23.4. The van der Waals surface area contributed by atoms with Crippen molar-refractivity contribution in [2.45, 2.75) is 56.7 Å². The van der Waals surface area contributed by atoms with Gasteiger partial charge in [-0.2, -0.15) is 0 Å². The van der Waals surface area contributed by atoms with Crippen LogP contribution in [0.15, 0.2) is 18.2 Å². The number of hydrogen-bond donors (Lipinski definition) is 1. The topological polar surface area (TPSA) is 93.3 Å². The summed E-state index contributed by atoms with van der Waals surface area (Å²) >= 11 is 0. The molecule has 1 aromatic carbocycles. The van der Waals surface area contributed by atoms with E-state index in [-0.39, 0.29) is 18.7 Å². The number of anilines is 1. The Morgan fingerprint density at radius 1 is 0.765 bits per heavy atom. The van der Waals surface area contributed by atoms with Gasteiger partial charge in [-0.1, -0.05) is 0 Å². The van der Waals surface area contributed by atoms with E-state index in [2.05, 4.69) is 20.0 Å². The minimum atomic E-state index is -0.926. The summed E-state index contributed by atoms with van der Waals surface area (Å²) in [6.07, 6.45) is 5.49. The summed E-state index contributed by atoms with van der Waals surface area (Å²) in [5.41, 5.74) is 1.62. The summed E-state index contributed by atoms with van der Waals surface area (Å²) in [7, 11) is 0. The lowest BCUT2D eigenvalue weighted by molar-refractivity contribution is -0.136. The molecule has 0 bridgehead atoms. The van der Waals surface area contributed by atoms with Crippen LogP contribution in [0.3, 0.4) is 0 Å². The fraction of sp³-hybridized carbons (Fsp3) is 0.600. The van der Waals surface area contributed by atoms with Crippen molar-refractivity contribution in [3.8, 4) is 0 Å². The fourth-order valence-electron chi connectivity index (χ4n) is 6.28. The Morgan fingerprint density at radius 2 is 1.44 bits per heavy atom. The SMILES string of the molecule is O=C1CCC(N2C(=O)c3ccc(N4CC(N5CCC(N6CCCC6)CC5)C4)cc3C2=O)C(=O)N1. The van der Waals surface area contributed by atoms with Gasteiger partial charge in [0.1, 0.15) is 6.04 Å². The maximum atomic E-state index is 13.1. The highest BCUT2D eigenvalue weighted by molar-refractivity contribution is 6.23. The highest BCUT2D eigenvalue weighted by Crippen LogP contribution is 2.33. The van der Waals surface area contributed by atoms with Crippen molar-refractivity contribution in [1.29, 1.82) is 0 Å². The second kappa shape index (κ2) is 8.46. The van der Waals surface area contributed by atoms with Crippen LogP contribution in [0.25, 0.3) is 0 Å². The molecule has 5 aliphatic rings. The van der Waals surface area contributed by atoms with Crippen molar-refractivity contribution in [2.75, 3.05) is 44.2 Å².